The average molecular weight is 419 g/mol. The number of rotatable bonds is 8. The first-order chi connectivity index (χ1) is 14.8. The number of pyridine rings is 1. The Morgan fingerprint density at radius 1 is 1.06 bits per heavy atom. The molecule has 1 heterocycles. The number of nitrogens with zero attached hydrogens (tertiary/aromatic N) is 1. The van der Waals surface area contributed by atoms with E-state index in [9.17, 15) is 9.90 Å². The van der Waals surface area contributed by atoms with Crippen LogP contribution < -0.4 is 10.5 Å². The van der Waals surface area contributed by atoms with E-state index in [0.29, 0.717) is 18.2 Å². The van der Waals surface area contributed by atoms with Crippen LogP contribution in [-0.2, 0) is 19.6 Å². The molecule has 0 unspecified atom stereocenters. The Labute approximate surface area is 183 Å². The number of carbonyl (C=O) groups is 1. The van der Waals surface area contributed by atoms with Crippen LogP contribution in [0.2, 0.25) is 0 Å². The quantitative estimate of drug-likeness (QED) is 0.518. The first kappa shape index (κ1) is 22.5. The Kier molecular flexibility index (Phi) is 7.08. The molecule has 3 aromatic rings. The number of aromatic nitrogens is 1. The van der Waals surface area contributed by atoms with E-state index in [0.717, 1.165) is 40.1 Å². The number of hydrogen-bond donors (Lipinski definition) is 2. The van der Waals surface area contributed by atoms with Crippen molar-refractivity contribution in [2.45, 2.75) is 47.3 Å². The van der Waals surface area contributed by atoms with Gasteiger partial charge in [0.05, 0.1) is 0 Å². The predicted octanol–water partition coefficient (Wildman–Crippen LogP) is 5.30. The maximum atomic E-state index is 11.6. The molecule has 2 aromatic carbocycles. The Morgan fingerprint density at radius 2 is 1.74 bits per heavy atom. The summed E-state index contributed by atoms with van der Waals surface area (Å²) in [6.07, 6.45) is 0.842. The van der Waals surface area contributed by atoms with Gasteiger partial charge in [0, 0.05) is 23.5 Å². The zero-order chi connectivity index (χ0) is 22.5. The van der Waals surface area contributed by atoms with Gasteiger partial charge in [0.2, 0.25) is 0 Å². The van der Waals surface area contributed by atoms with Crippen molar-refractivity contribution in [1.29, 1.82) is 0 Å². The fraction of sp³-hybridized carbons (Fsp3) is 0.308. The Bertz CT molecular complexity index is 1070. The number of nitrogens with two attached hydrogens (primary N) is 1. The van der Waals surface area contributed by atoms with Gasteiger partial charge in [0.15, 0.2) is 0 Å². The number of aryl methyl sites for hydroxylation is 2. The fourth-order valence-electron chi connectivity index (χ4n) is 3.78. The third-order valence-corrected chi connectivity index (χ3v) is 5.33. The van der Waals surface area contributed by atoms with Crippen LogP contribution in [0, 0.1) is 19.8 Å². The highest BCUT2D eigenvalue weighted by Gasteiger charge is 2.20. The van der Waals surface area contributed by atoms with E-state index in [4.69, 9.17) is 15.5 Å². The number of ether oxygens (including phenoxy) is 1. The molecule has 1 aromatic heterocycles. The molecule has 3 rings (SSSR count). The van der Waals surface area contributed by atoms with Crippen LogP contribution in [0.15, 0.2) is 48.5 Å². The van der Waals surface area contributed by atoms with Crippen molar-refractivity contribution >= 4 is 5.97 Å². The lowest BCUT2D eigenvalue weighted by Crippen LogP contribution is -2.14. The highest BCUT2D eigenvalue weighted by Crippen LogP contribution is 2.33. The summed E-state index contributed by atoms with van der Waals surface area (Å²) in [5, 5.41) is 9.47. The molecule has 0 aliphatic rings. The van der Waals surface area contributed by atoms with Crippen molar-refractivity contribution in [3.63, 3.8) is 0 Å². The SMILES string of the molecule is Cc1ccc(-c2c(COc3ccccc3C(=O)O)c(C)nc(CC(C)C)c2CN)cc1. The molecule has 5 heteroatoms. The van der Waals surface area contributed by atoms with Gasteiger partial charge in [-0.1, -0.05) is 55.8 Å². The average Bonchev–Trinajstić information content (AvgIpc) is 2.73. The van der Waals surface area contributed by atoms with Gasteiger partial charge >= 0.3 is 5.97 Å². The minimum atomic E-state index is -1.01. The molecule has 0 aliphatic heterocycles. The Hall–Kier alpha value is -3.18. The highest BCUT2D eigenvalue weighted by molar-refractivity contribution is 5.90. The normalized spacial score (nSPS) is 11.0. The van der Waals surface area contributed by atoms with Crippen LogP contribution in [0.25, 0.3) is 11.1 Å². The second-order valence-electron chi connectivity index (χ2n) is 8.23. The lowest BCUT2D eigenvalue weighted by Gasteiger charge is -2.21. The number of aromatic carboxylic acids is 1. The molecule has 0 radical (unpaired) electrons. The van der Waals surface area contributed by atoms with E-state index < -0.39 is 5.97 Å². The van der Waals surface area contributed by atoms with Crippen LogP contribution in [0.5, 0.6) is 5.75 Å². The molecule has 0 atom stereocenters. The molecule has 0 bridgehead atoms. The number of carboxylic acids is 1. The predicted molar refractivity (Wildman–Crippen MR) is 123 cm³/mol. The topological polar surface area (TPSA) is 85.4 Å². The third kappa shape index (κ3) is 5.12. The van der Waals surface area contributed by atoms with Crippen LogP contribution in [-0.4, -0.2) is 16.1 Å². The zero-order valence-electron chi connectivity index (χ0n) is 18.6. The molecule has 5 nitrogen and oxygen atoms in total. The number of benzene rings is 2. The summed E-state index contributed by atoms with van der Waals surface area (Å²) in [5.41, 5.74) is 13.5. The van der Waals surface area contributed by atoms with E-state index in [-0.39, 0.29) is 12.2 Å². The van der Waals surface area contributed by atoms with Crippen molar-refractivity contribution in [1.82, 2.24) is 4.98 Å². The molecule has 31 heavy (non-hydrogen) atoms. The van der Waals surface area contributed by atoms with E-state index in [1.165, 1.54) is 5.56 Å². The van der Waals surface area contributed by atoms with Gasteiger partial charge in [0.1, 0.15) is 17.9 Å². The summed E-state index contributed by atoms with van der Waals surface area (Å²) >= 11 is 0. The maximum Gasteiger partial charge on any atom is 0.339 e. The number of carboxylic acid groups (broad SMARTS) is 1. The first-order valence-corrected chi connectivity index (χ1v) is 10.5. The summed E-state index contributed by atoms with van der Waals surface area (Å²) in [6.45, 7) is 8.95. The van der Waals surface area contributed by atoms with Gasteiger partial charge < -0.3 is 15.6 Å². The largest absolute Gasteiger partial charge is 0.488 e. The molecule has 0 aliphatic carbocycles. The van der Waals surface area contributed by atoms with Gasteiger partial charge in [-0.05, 0) is 55.0 Å². The molecular weight excluding hydrogens is 388 g/mol. The van der Waals surface area contributed by atoms with E-state index >= 15 is 0 Å². The summed E-state index contributed by atoms with van der Waals surface area (Å²) in [5.74, 6) is -0.225. The van der Waals surface area contributed by atoms with Gasteiger partial charge in [-0.2, -0.15) is 0 Å². The minimum Gasteiger partial charge on any atom is -0.488 e. The Morgan fingerprint density at radius 3 is 2.35 bits per heavy atom. The smallest absolute Gasteiger partial charge is 0.339 e. The molecule has 0 saturated heterocycles. The van der Waals surface area contributed by atoms with E-state index in [2.05, 4.69) is 45.0 Å². The van der Waals surface area contributed by atoms with Crippen LogP contribution in [0.3, 0.4) is 0 Å². The molecule has 162 valence electrons. The number of hydrogen-bond acceptors (Lipinski definition) is 4. The van der Waals surface area contributed by atoms with Crippen molar-refractivity contribution in [2.75, 3.05) is 0 Å². The van der Waals surface area contributed by atoms with Crippen molar-refractivity contribution in [3.05, 3.63) is 82.2 Å². The van der Waals surface area contributed by atoms with Crippen molar-refractivity contribution in [3.8, 4) is 16.9 Å². The fourth-order valence-corrected chi connectivity index (χ4v) is 3.78. The number of para-hydroxylation sites is 1. The van der Waals surface area contributed by atoms with Gasteiger partial charge in [-0.3, -0.25) is 4.98 Å². The maximum absolute atomic E-state index is 11.6. The molecule has 0 fully saturated rings. The van der Waals surface area contributed by atoms with E-state index in [1.807, 2.05) is 6.92 Å². The molecule has 0 amide bonds. The molecule has 0 saturated carbocycles. The van der Waals surface area contributed by atoms with Crippen LogP contribution >= 0.6 is 0 Å². The molecule has 0 spiro atoms. The monoisotopic (exact) mass is 418 g/mol. The minimum absolute atomic E-state index is 0.139. The molecule has 3 N–H and O–H groups in total. The van der Waals surface area contributed by atoms with Gasteiger partial charge in [-0.25, -0.2) is 4.79 Å². The molecular formula is C26H30N2O3. The first-order valence-electron chi connectivity index (χ1n) is 10.5. The van der Waals surface area contributed by atoms with Crippen LogP contribution in [0.1, 0.15) is 52.3 Å². The summed E-state index contributed by atoms with van der Waals surface area (Å²) in [6, 6.07) is 15.0. The third-order valence-electron chi connectivity index (χ3n) is 5.33. The summed E-state index contributed by atoms with van der Waals surface area (Å²) < 4.78 is 6.01. The Balaban J connectivity index is 2.12. The lowest BCUT2D eigenvalue weighted by molar-refractivity contribution is 0.0691. The second-order valence-corrected chi connectivity index (χ2v) is 8.23. The van der Waals surface area contributed by atoms with E-state index in [1.54, 1.807) is 24.3 Å². The highest BCUT2D eigenvalue weighted by atomic mass is 16.5. The van der Waals surface area contributed by atoms with Crippen LogP contribution in [0.4, 0.5) is 0 Å². The second kappa shape index (κ2) is 9.75. The zero-order valence-corrected chi connectivity index (χ0v) is 18.6. The van der Waals surface area contributed by atoms with Crippen molar-refractivity contribution < 1.29 is 14.6 Å². The van der Waals surface area contributed by atoms with Gasteiger partial charge in [0.25, 0.3) is 0 Å². The summed E-state index contributed by atoms with van der Waals surface area (Å²) in [7, 11) is 0. The standard InChI is InChI=1S/C26H30N2O3/c1-16(2)13-23-21(14-27)25(19-11-9-17(3)10-12-19)22(18(4)28-23)15-31-24-8-6-5-7-20(24)26(29)30/h5-12,16H,13-15,27H2,1-4H3,(H,29,30). The lowest BCUT2D eigenvalue weighted by atomic mass is 9.90. The van der Waals surface area contributed by atoms with Gasteiger partial charge in [-0.15, -0.1) is 0 Å². The van der Waals surface area contributed by atoms with Crippen molar-refractivity contribution in [2.24, 2.45) is 11.7 Å². The summed E-state index contributed by atoms with van der Waals surface area (Å²) in [4.78, 5) is 16.4.